The summed E-state index contributed by atoms with van der Waals surface area (Å²) in [4.78, 5) is 28.2. The van der Waals surface area contributed by atoms with Crippen LogP contribution in [0.15, 0.2) is 47.8 Å². The number of aromatic nitrogens is 1. The molecular formula is C21H20N2O4S. The minimum atomic E-state index is -0.489. The van der Waals surface area contributed by atoms with Crippen molar-refractivity contribution >= 4 is 28.3 Å². The summed E-state index contributed by atoms with van der Waals surface area (Å²) >= 11 is 1.37. The zero-order valence-electron chi connectivity index (χ0n) is 15.8. The van der Waals surface area contributed by atoms with Crippen LogP contribution in [0.5, 0.6) is 5.75 Å². The molecular weight excluding hydrogens is 376 g/mol. The molecule has 0 radical (unpaired) electrons. The van der Waals surface area contributed by atoms with Gasteiger partial charge in [0.05, 0.1) is 12.8 Å². The molecule has 0 unspecified atom stereocenters. The fraction of sp³-hybridized carbons (Fsp3) is 0.190. The normalized spacial score (nSPS) is 10.4. The lowest BCUT2D eigenvalue weighted by atomic mass is 10.0. The van der Waals surface area contributed by atoms with E-state index in [1.165, 1.54) is 24.0 Å². The molecule has 1 amide bonds. The molecule has 0 aliphatic heterocycles. The first-order valence-corrected chi connectivity index (χ1v) is 9.48. The number of carbonyl (C=O) groups is 2. The second-order valence-electron chi connectivity index (χ2n) is 6.20. The molecule has 2 aromatic carbocycles. The predicted molar refractivity (Wildman–Crippen MR) is 109 cm³/mol. The number of thiazole rings is 1. The van der Waals surface area contributed by atoms with Gasteiger partial charge < -0.3 is 9.47 Å². The zero-order valence-corrected chi connectivity index (χ0v) is 16.6. The van der Waals surface area contributed by atoms with Crippen LogP contribution in [-0.4, -0.2) is 30.6 Å². The van der Waals surface area contributed by atoms with Crippen molar-refractivity contribution in [2.45, 2.75) is 13.8 Å². The molecule has 1 N–H and O–H groups in total. The lowest BCUT2D eigenvalue weighted by molar-refractivity contribution is -0.142. The molecule has 0 saturated heterocycles. The molecule has 7 heteroatoms. The minimum absolute atomic E-state index is 0.215. The van der Waals surface area contributed by atoms with Gasteiger partial charge in [-0.1, -0.05) is 29.8 Å². The number of hydrogen-bond donors (Lipinski definition) is 1. The molecule has 0 aliphatic rings. The Hall–Kier alpha value is -3.19. The topological polar surface area (TPSA) is 77.5 Å². The summed E-state index contributed by atoms with van der Waals surface area (Å²) < 4.78 is 9.85. The number of hydrogen-bond acceptors (Lipinski definition) is 6. The first-order chi connectivity index (χ1) is 13.5. The molecule has 0 spiro atoms. The molecule has 144 valence electrons. The van der Waals surface area contributed by atoms with Crippen molar-refractivity contribution in [2.75, 3.05) is 19.0 Å². The van der Waals surface area contributed by atoms with Crippen molar-refractivity contribution in [2.24, 2.45) is 0 Å². The van der Waals surface area contributed by atoms with Crippen LogP contribution in [-0.2, 0) is 9.53 Å². The van der Waals surface area contributed by atoms with E-state index in [1.807, 2.05) is 31.4 Å². The van der Waals surface area contributed by atoms with Crippen LogP contribution in [0.1, 0.15) is 21.5 Å². The molecule has 0 bridgehead atoms. The molecule has 0 fully saturated rings. The van der Waals surface area contributed by atoms with Crippen molar-refractivity contribution in [3.8, 4) is 17.0 Å². The van der Waals surface area contributed by atoms with Crippen LogP contribution in [0.3, 0.4) is 0 Å². The fourth-order valence-electron chi connectivity index (χ4n) is 2.65. The molecule has 1 aromatic heterocycles. The highest BCUT2D eigenvalue weighted by Gasteiger charge is 2.12. The smallest absolute Gasteiger partial charge is 0.343 e. The maximum absolute atomic E-state index is 12.5. The van der Waals surface area contributed by atoms with Gasteiger partial charge in [-0.15, -0.1) is 11.3 Å². The molecule has 0 saturated carbocycles. The van der Waals surface area contributed by atoms with Crippen LogP contribution in [0.4, 0.5) is 5.13 Å². The van der Waals surface area contributed by atoms with E-state index >= 15 is 0 Å². The quantitative estimate of drug-likeness (QED) is 0.631. The highest BCUT2D eigenvalue weighted by atomic mass is 32.1. The Balaban J connectivity index is 1.70. The number of rotatable bonds is 6. The maximum Gasteiger partial charge on any atom is 0.343 e. The third kappa shape index (κ3) is 4.75. The monoisotopic (exact) mass is 396 g/mol. The summed E-state index contributed by atoms with van der Waals surface area (Å²) in [7, 11) is 1.29. The Labute approximate surface area is 167 Å². The number of ether oxygens (including phenoxy) is 2. The molecule has 3 aromatic rings. The molecule has 6 nitrogen and oxygen atoms in total. The molecule has 28 heavy (non-hydrogen) atoms. The number of nitrogens with one attached hydrogen (secondary N) is 1. The Kier molecular flexibility index (Phi) is 6.06. The van der Waals surface area contributed by atoms with E-state index in [0.29, 0.717) is 16.4 Å². The van der Waals surface area contributed by atoms with Crippen LogP contribution in [0.25, 0.3) is 11.3 Å². The third-order valence-electron chi connectivity index (χ3n) is 4.06. The van der Waals surface area contributed by atoms with Gasteiger partial charge in [0.25, 0.3) is 5.91 Å². The van der Waals surface area contributed by atoms with Crippen LogP contribution >= 0.6 is 11.3 Å². The first-order valence-electron chi connectivity index (χ1n) is 8.60. The van der Waals surface area contributed by atoms with E-state index in [4.69, 9.17) is 4.74 Å². The van der Waals surface area contributed by atoms with Crippen molar-refractivity contribution in [1.29, 1.82) is 0 Å². The standard InChI is InChI=1S/C21H20N2O4S/c1-13-7-8-17(14(2)9-13)18-12-28-21(22-18)23-20(25)15-5-4-6-16(10-15)27-11-19(24)26-3/h4-10,12H,11H2,1-3H3,(H,22,23,25). The number of nitrogens with zero attached hydrogens (tertiary/aromatic N) is 1. The number of methoxy groups -OCH3 is 1. The van der Waals surface area contributed by atoms with Gasteiger partial charge in [0.15, 0.2) is 11.7 Å². The van der Waals surface area contributed by atoms with Crippen LogP contribution in [0, 0.1) is 13.8 Å². The Morgan fingerprint density at radius 3 is 2.71 bits per heavy atom. The number of anilines is 1. The molecule has 0 aliphatic carbocycles. The molecule has 1 heterocycles. The van der Waals surface area contributed by atoms with E-state index in [2.05, 4.69) is 21.1 Å². The summed E-state index contributed by atoms with van der Waals surface area (Å²) in [6, 6.07) is 12.8. The van der Waals surface area contributed by atoms with Gasteiger partial charge in [0, 0.05) is 16.5 Å². The Morgan fingerprint density at radius 2 is 1.96 bits per heavy atom. The lowest BCUT2D eigenvalue weighted by Crippen LogP contribution is -2.14. The van der Waals surface area contributed by atoms with Gasteiger partial charge in [-0.05, 0) is 37.6 Å². The van der Waals surface area contributed by atoms with E-state index in [9.17, 15) is 9.59 Å². The van der Waals surface area contributed by atoms with Crippen molar-refractivity contribution in [1.82, 2.24) is 4.98 Å². The number of aryl methyl sites for hydroxylation is 2. The largest absolute Gasteiger partial charge is 0.482 e. The van der Waals surface area contributed by atoms with Crippen molar-refractivity contribution < 1.29 is 19.1 Å². The predicted octanol–water partition coefficient (Wildman–Crippen LogP) is 4.23. The van der Waals surface area contributed by atoms with Gasteiger partial charge in [0.1, 0.15) is 5.75 Å². The highest BCUT2D eigenvalue weighted by Crippen LogP contribution is 2.28. The third-order valence-corrected chi connectivity index (χ3v) is 4.82. The number of benzene rings is 2. The van der Waals surface area contributed by atoms with E-state index in [-0.39, 0.29) is 12.5 Å². The zero-order chi connectivity index (χ0) is 20.1. The Bertz CT molecular complexity index is 1010. The summed E-state index contributed by atoms with van der Waals surface area (Å²) in [5, 5.41) is 5.24. The van der Waals surface area contributed by atoms with Gasteiger partial charge in [-0.2, -0.15) is 0 Å². The first kappa shape index (κ1) is 19.6. The van der Waals surface area contributed by atoms with E-state index in [0.717, 1.165) is 16.8 Å². The summed E-state index contributed by atoms with van der Waals surface area (Å²) in [5.74, 6) is -0.380. The van der Waals surface area contributed by atoms with Crippen LogP contribution < -0.4 is 10.1 Å². The van der Waals surface area contributed by atoms with Crippen molar-refractivity contribution in [3.63, 3.8) is 0 Å². The van der Waals surface area contributed by atoms with E-state index in [1.54, 1.807) is 24.3 Å². The summed E-state index contributed by atoms with van der Waals surface area (Å²) in [6.07, 6.45) is 0. The van der Waals surface area contributed by atoms with Gasteiger partial charge in [0.2, 0.25) is 0 Å². The lowest BCUT2D eigenvalue weighted by Gasteiger charge is -2.07. The second-order valence-corrected chi connectivity index (χ2v) is 7.06. The molecule has 0 atom stereocenters. The Morgan fingerprint density at radius 1 is 1.14 bits per heavy atom. The number of carbonyl (C=O) groups excluding carboxylic acids is 2. The number of amides is 1. The van der Waals surface area contributed by atoms with Gasteiger partial charge in [-0.25, -0.2) is 9.78 Å². The van der Waals surface area contributed by atoms with Gasteiger partial charge >= 0.3 is 5.97 Å². The molecule has 3 rings (SSSR count). The fourth-order valence-corrected chi connectivity index (χ4v) is 3.36. The maximum atomic E-state index is 12.5. The SMILES string of the molecule is COC(=O)COc1cccc(C(=O)Nc2nc(-c3ccc(C)cc3C)cs2)c1. The summed E-state index contributed by atoms with van der Waals surface area (Å²) in [6.45, 7) is 3.87. The average molecular weight is 396 g/mol. The average Bonchev–Trinajstić information content (AvgIpc) is 3.14. The summed E-state index contributed by atoms with van der Waals surface area (Å²) in [5.41, 5.74) is 4.61. The van der Waals surface area contributed by atoms with Gasteiger partial charge in [-0.3, -0.25) is 10.1 Å². The van der Waals surface area contributed by atoms with Crippen molar-refractivity contribution in [3.05, 3.63) is 64.5 Å². The second kappa shape index (κ2) is 8.67. The minimum Gasteiger partial charge on any atom is -0.482 e. The van der Waals surface area contributed by atoms with Crippen LogP contribution in [0.2, 0.25) is 0 Å². The van der Waals surface area contributed by atoms with E-state index < -0.39 is 5.97 Å². The highest BCUT2D eigenvalue weighted by molar-refractivity contribution is 7.14. The number of esters is 1.